The summed E-state index contributed by atoms with van der Waals surface area (Å²) < 4.78 is 23.9. The quantitative estimate of drug-likeness (QED) is 0.320. The Labute approximate surface area is 230 Å². The number of sulfone groups is 1. The molecule has 1 atom stereocenters. The average molecular weight is 568 g/mol. The Kier molecular flexibility index (Phi) is 7.51. The van der Waals surface area contributed by atoms with Gasteiger partial charge in [0.1, 0.15) is 10.7 Å². The molecule has 3 aromatic heterocycles. The van der Waals surface area contributed by atoms with Gasteiger partial charge >= 0.3 is 0 Å². The number of hydrogen-bond donors (Lipinski definition) is 1. The first-order chi connectivity index (χ1) is 18.6. The number of hydrogen-bond acceptors (Lipinski definition) is 11. The van der Waals surface area contributed by atoms with E-state index < -0.39 is 9.84 Å². The Morgan fingerprint density at radius 3 is 2.51 bits per heavy atom. The molecule has 1 aromatic carbocycles. The van der Waals surface area contributed by atoms with Crippen LogP contribution in [0.3, 0.4) is 0 Å². The molecule has 1 aliphatic rings. The van der Waals surface area contributed by atoms with Crippen LogP contribution in [0.15, 0.2) is 41.6 Å². The van der Waals surface area contributed by atoms with E-state index in [-0.39, 0.29) is 34.8 Å². The highest BCUT2D eigenvalue weighted by Crippen LogP contribution is 2.43. The third-order valence-corrected chi connectivity index (χ3v) is 9.13. The third-order valence-electron chi connectivity index (χ3n) is 6.47. The topological polar surface area (TPSA) is 149 Å². The highest BCUT2D eigenvalue weighted by atomic mass is 32.2. The molecule has 0 radical (unpaired) electrons. The first-order valence-corrected chi connectivity index (χ1v) is 15.0. The van der Waals surface area contributed by atoms with E-state index in [1.165, 1.54) is 34.1 Å². The van der Waals surface area contributed by atoms with Crippen LogP contribution >= 0.6 is 11.3 Å². The van der Waals surface area contributed by atoms with Crippen molar-refractivity contribution in [3.8, 4) is 11.4 Å². The highest BCUT2D eigenvalue weighted by molar-refractivity contribution is 7.91. The molecule has 1 aliphatic heterocycles. The van der Waals surface area contributed by atoms with Gasteiger partial charge in [-0.3, -0.25) is 9.69 Å². The van der Waals surface area contributed by atoms with Gasteiger partial charge in [-0.25, -0.2) is 23.4 Å². The summed E-state index contributed by atoms with van der Waals surface area (Å²) in [6.45, 7) is 7.42. The second-order valence-electron chi connectivity index (χ2n) is 9.68. The number of benzene rings is 1. The molecule has 1 N–H and O–H groups in total. The smallest absolute Gasteiger partial charge is 0.233 e. The number of aryl methyl sites for hydroxylation is 1. The lowest BCUT2D eigenvalue weighted by Crippen LogP contribution is -2.26. The average Bonchev–Trinajstić information content (AvgIpc) is 3.58. The number of nitrogens with zero attached hydrogens (tertiary/aromatic N) is 8. The summed E-state index contributed by atoms with van der Waals surface area (Å²) in [4.78, 5) is 30.5. The Hall–Kier alpha value is -3.62. The van der Waals surface area contributed by atoms with Crippen molar-refractivity contribution in [2.75, 3.05) is 11.1 Å². The standard InChI is InChI=1S/C25H29N9O3S2/c1-5-39(36,37)18-11-26-20(27-12-18)10-21(35)28-25-29-22-19(38-25)14-34(23(22)15(2)3)13-16-6-8-17(9-7-16)24-30-32-33(4)31-24/h6-9,11-12,15,23H,5,10,13-14H2,1-4H3,(H,28,29,35)/t23-/m0/s1. The van der Waals surface area contributed by atoms with Crippen molar-refractivity contribution in [1.29, 1.82) is 0 Å². The summed E-state index contributed by atoms with van der Waals surface area (Å²) >= 11 is 1.48. The fraction of sp³-hybridized carbons (Fsp3) is 0.400. The minimum atomic E-state index is -3.39. The highest BCUT2D eigenvalue weighted by Gasteiger charge is 2.36. The van der Waals surface area contributed by atoms with Crippen LogP contribution < -0.4 is 5.32 Å². The van der Waals surface area contributed by atoms with Gasteiger partial charge in [-0.1, -0.05) is 45.0 Å². The van der Waals surface area contributed by atoms with Crippen LogP contribution in [0.2, 0.25) is 0 Å². The van der Waals surface area contributed by atoms with Crippen LogP contribution in [0.1, 0.15) is 48.8 Å². The number of carbonyl (C=O) groups excluding carboxylic acids is 1. The molecule has 1 amide bonds. The molecule has 39 heavy (non-hydrogen) atoms. The molecule has 14 heteroatoms. The van der Waals surface area contributed by atoms with Gasteiger partial charge in [0, 0.05) is 35.9 Å². The molecule has 0 fully saturated rings. The van der Waals surface area contributed by atoms with E-state index >= 15 is 0 Å². The Balaban J connectivity index is 1.23. The Morgan fingerprint density at radius 2 is 1.90 bits per heavy atom. The van der Waals surface area contributed by atoms with Crippen molar-refractivity contribution < 1.29 is 13.2 Å². The Bertz CT molecular complexity index is 1580. The minimum absolute atomic E-state index is 0.0341. The van der Waals surface area contributed by atoms with Gasteiger partial charge in [0.05, 0.1) is 31.0 Å². The summed E-state index contributed by atoms with van der Waals surface area (Å²) in [5, 5.41) is 15.6. The molecule has 0 spiro atoms. The molecule has 12 nitrogen and oxygen atoms in total. The van der Waals surface area contributed by atoms with E-state index in [4.69, 9.17) is 4.98 Å². The molecule has 0 bridgehead atoms. The predicted molar refractivity (Wildman–Crippen MR) is 145 cm³/mol. The number of aromatic nitrogens is 7. The van der Waals surface area contributed by atoms with Crippen LogP contribution in [-0.2, 0) is 41.2 Å². The summed E-state index contributed by atoms with van der Waals surface area (Å²) in [7, 11) is -1.65. The largest absolute Gasteiger partial charge is 0.302 e. The van der Waals surface area contributed by atoms with Crippen molar-refractivity contribution in [3.05, 3.63) is 58.6 Å². The predicted octanol–water partition coefficient (Wildman–Crippen LogP) is 2.81. The van der Waals surface area contributed by atoms with Gasteiger partial charge in [0.15, 0.2) is 15.0 Å². The lowest BCUT2D eigenvalue weighted by atomic mass is 10.0. The number of carbonyl (C=O) groups is 1. The maximum Gasteiger partial charge on any atom is 0.233 e. The number of rotatable bonds is 9. The van der Waals surface area contributed by atoms with Crippen LogP contribution in [0, 0.1) is 5.92 Å². The molecule has 0 saturated heterocycles. The summed E-state index contributed by atoms with van der Waals surface area (Å²) in [6.07, 6.45) is 2.42. The van der Waals surface area contributed by atoms with E-state index in [1.54, 1.807) is 14.0 Å². The number of thiazole rings is 1. The van der Waals surface area contributed by atoms with Crippen LogP contribution in [0.25, 0.3) is 11.4 Å². The third kappa shape index (κ3) is 5.87. The molecular weight excluding hydrogens is 538 g/mol. The van der Waals surface area contributed by atoms with Crippen molar-refractivity contribution in [2.45, 2.75) is 51.2 Å². The molecule has 0 saturated carbocycles. The lowest BCUT2D eigenvalue weighted by Gasteiger charge is -2.27. The summed E-state index contributed by atoms with van der Waals surface area (Å²) in [5.41, 5.74) is 3.09. The molecule has 0 unspecified atom stereocenters. The van der Waals surface area contributed by atoms with Crippen LogP contribution in [-0.4, -0.2) is 60.1 Å². The summed E-state index contributed by atoms with van der Waals surface area (Å²) in [5.74, 6) is 0.835. The number of anilines is 1. The van der Waals surface area contributed by atoms with Gasteiger partial charge in [-0.15, -0.1) is 21.5 Å². The van der Waals surface area contributed by atoms with Crippen molar-refractivity contribution in [1.82, 2.24) is 40.1 Å². The van der Waals surface area contributed by atoms with Gasteiger partial charge in [0.25, 0.3) is 0 Å². The lowest BCUT2D eigenvalue weighted by molar-refractivity contribution is -0.115. The molecular formula is C25H29N9O3S2. The van der Waals surface area contributed by atoms with Gasteiger partial charge in [0.2, 0.25) is 11.7 Å². The van der Waals surface area contributed by atoms with Crippen molar-refractivity contribution >= 4 is 32.2 Å². The first kappa shape index (κ1) is 27.0. The Morgan fingerprint density at radius 1 is 1.18 bits per heavy atom. The van der Waals surface area contributed by atoms with Gasteiger partial charge in [-0.05, 0) is 16.7 Å². The summed E-state index contributed by atoms with van der Waals surface area (Å²) in [6, 6.07) is 8.31. The van der Waals surface area contributed by atoms with Crippen molar-refractivity contribution in [2.24, 2.45) is 13.0 Å². The maximum absolute atomic E-state index is 12.6. The monoisotopic (exact) mass is 567 g/mol. The maximum atomic E-state index is 12.6. The normalized spacial score (nSPS) is 15.6. The molecule has 4 aromatic rings. The van der Waals surface area contributed by atoms with Crippen LogP contribution in [0.4, 0.5) is 5.13 Å². The fourth-order valence-corrected chi connectivity index (χ4v) is 6.37. The molecule has 0 aliphatic carbocycles. The van der Waals surface area contributed by atoms with Gasteiger partial charge < -0.3 is 5.32 Å². The number of fused-ring (bicyclic) bond motifs is 1. The number of nitrogens with one attached hydrogen (secondary N) is 1. The number of tetrazole rings is 1. The van der Waals surface area contributed by atoms with Crippen LogP contribution in [0.5, 0.6) is 0 Å². The molecule has 4 heterocycles. The first-order valence-electron chi connectivity index (χ1n) is 12.5. The van der Waals surface area contributed by atoms with E-state index in [0.717, 1.165) is 29.2 Å². The van der Waals surface area contributed by atoms with E-state index in [0.29, 0.717) is 16.9 Å². The van der Waals surface area contributed by atoms with E-state index in [9.17, 15) is 13.2 Å². The number of amides is 1. The second kappa shape index (κ2) is 10.9. The zero-order valence-electron chi connectivity index (χ0n) is 22.1. The fourth-order valence-electron chi connectivity index (χ4n) is 4.57. The minimum Gasteiger partial charge on any atom is -0.302 e. The SMILES string of the molecule is CCS(=O)(=O)c1cnc(CC(=O)Nc2nc3c(s2)CN(Cc2ccc(-c4nnn(C)n4)cc2)[C@H]3C(C)C)nc1. The molecule has 204 valence electrons. The van der Waals surface area contributed by atoms with Crippen molar-refractivity contribution in [3.63, 3.8) is 0 Å². The zero-order chi connectivity index (χ0) is 27.7. The zero-order valence-corrected chi connectivity index (χ0v) is 23.7. The van der Waals surface area contributed by atoms with Gasteiger partial charge in [-0.2, -0.15) is 4.80 Å². The van der Waals surface area contributed by atoms with E-state index in [2.05, 4.69) is 61.6 Å². The second-order valence-corrected chi connectivity index (χ2v) is 13.0. The van der Waals surface area contributed by atoms with E-state index in [1.807, 2.05) is 12.1 Å². The molecule has 5 rings (SSSR count).